The zero-order chi connectivity index (χ0) is 24.1. The van der Waals surface area contributed by atoms with E-state index in [2.05, 4.69) is 20.7 Å². The number of anilines is 2. The van der Waals surface area contributed by atoms with Gasteiger partial charge < -0.3 is 10.6 Å². The summed E-state index contributed by atoms with van der Waals surface area (Å²) in [6.07, 6.45) is -1.48. The molecule has 0 radical (unpaired) electrons. The maximum absolute atomic E-state index is 12.9. The van der Waals surface area contributed by atoms with Gasteiger partial charge in [0.2, 0.25) is 0 Å². The van der Waals surface area contributed by atoms with Crippen LogP contribution in [0.25, 0.3) is 0 Å². The average Bonchev–Trinajstić information content (AvgIpc) is 3.32. The van der Waals surface area contributed by atoms with Crippen LogP contribution in [0.5, 0.6) is 0 Å². The molecule has 0 bridgehead atoms. The zero-order valence-corrected chi connectivity index (χ0v) is 17.6. The quantitative estimate of drug-likeness (QED) is 0.426. The van der Waals surface area contributed by atoms with Crippen LogP contribution >= 0.6 is 0 Å². The van der Waals surface area contributed by atoms with E-state index in [0.717, 1.165) is 17.7 Å². The molecule has 0 atom stereocenters. The molecule has 3 aromatic carbocycles. The number of carbonyl (C=O) groups is 2. The van der Waals surface area contributed by atoms with Crippen LogP contribution in [-0.4, -0.2) is 26.6 Å². The summed E-state index contributed by atoms with van der Waals surface area (Å²) in [6, 6.07) is 17.4. The second-order valence-corrected chi connectivity index (χ2v) is 7.36. The molecule has 4 rings (SSSR count). The van der Waals surface area contributed by atoms with Gasteiger partial charge in [0, 0.05) is 22.5 Å². The second kappa shape index (κ2) is 9.57. The van der Waals surface area contributed by atoms with Gasteiger partial charge in [-0.15, -0.1) is 0 Å². The highest BCUT2D eigenvalue weighted by Crippen LogP contribution is 2.30. The van der Waals surface area contributed by atoms with Gasteiger partial charge in [0.15, 0.2) is 0 Å². The van der Waals surface area contributed by atoms with Crippen LogP contribution in [0, 0.1) is 0 Å². The van der Waals surface area contributed by atoms with Crippen LogP contribution in [0.2, 0.25) is 0 Å². The molecule has 0 aliphatic rings. The molecule has 7 nitrogen and oxygen atoms in total. The first kappa shape index (κ1) is 22.7. The predicted molar refractivity (Wildman–Crippen MR) is 119 cm³/mol. The molecule has 10 heteroatoms. The molecule has 2 amide bonds. The van der Waals surface area contributed by atoms with Gasteiger partial charge in [-0.05, 0) is 54.1 Å². The highest BCUT2D eigenvalue weighted by molar-refractivity contribution is 6.07. The Balaban J connectivity index is 1.41. The molecule has 0 unspecified atom stereocenters. The minimum atomic E-state index is -4.51. The monoisotopic (exact) mass is 465 g/mol. The third-order valence-electron chi connectivity index (χ3n) is 4.86. The van der Waals surface area contributed by atoms with Crippen molar-refractivity contribution >= 4 is 23.2 Å². The highest BCUT2D eigenvalue weighted by Gasteiger charge is 2.30. The van der Waals surface area contributed by atoms with Gasteiger partial charge in [-0.3, -0.25) is 9.59 Å². The normalized spacial score (nSPS) is 11.1. The molecule has 0 aliphatic heterocycles. The standard InChI is InChI=1S/C24H18F3N5O2/c25-24(26,27)19-4-2-6-21(12-19)31-23(34)18-3-1-5-20(11-18)30-22(33)17-9-7-16(8-10-17)13-32-15-28-14-29-32/h1-12,14-15H,13H2,(H,30,33)(H,31,34). The van der Waals surface area contributed by atoms with E-state index in [-0.39, 0.29) is 17.2 Å². The van der Waals surface area contributed by atoms with Gasteiger partial charge in [-0.2, -0.15) is 18.3 Å². The zero-order valence-electron chi connectivity index (χ0n) is 17.6. The summed E-state index contributed by atoms with van der Waals surface area (Å²) in [5.41, 5.74) is 1.06. The molecule has 1 heterocycles. The molecule has 1 aromatic heterocycles. The fourth-order valence-electron chi connectivity index (χ4n) is 3.18. The number of carbonyl (C=O) groups excluding carboxylic acids is 2. The summed E-state index contributed by atoms with van der Waals surface area (Å²) < 4.78 is 40.3. The Bertz CT molecular complexity index is 1300. The van der Waals surface area contributed by atoms with Gasteiger partial charge in [-0.25, -0.2) is 9.67 Å². The molecule has 34 heavy (non-hydrogen) atoms. The van der Waals surface area contributed by atoms with E-state index in [4.69, 9.17) is 0 Å². The van der Waals surface area contributed by atoms with E-state index in [0.29, 0.717) is 17.8 Å². The molecular weight excluding hydrogens is 447 g/mol. The number of amides is 2. The third kappa shape index (κ3) is 5.66. The minimum absolute atomic E-state index is 0.0141. The SMILES string of the molecule is O=C(Nc1cccc(C(=O)Nc2cccc(C(F)(F)F)c2)c1)c1ccc(Cn2cncn2)cc1. The number of rotatable bonds is 6. The lowest BCUT2D eigenvalue weighted by molar-refractivity contribution is -0.137. The lowest BCUT2D eigenvalue weighted by Crippen LogP contribution is -2.15. The number of aromatic nitrogens is 3. The molecule has 0 aliphatic carbocycles. The summed E-state index contributed by atoms with van der Waals surface area (Å²) in [4.78, 5) is 29.0. The lowest BCUT2D eigenvalue weighted by Gasteiger charge is -2.11. The van der Waals surface area contributed by atoms with Gasteiger partial charge in [0.25, 0.3) is 11.8 Å². The molecular formula is C24H18F3N5O2. The maximum atomic E-state index is 12.9. The number of hydrogen-bond acceptors (Lipinski definition) is 4. The largest absolute Gasteiger partial charge is 0.416 e. The molecule has 4 aromatic rings. The Morgan fingerprint density at radius 2 is 1.47 bits per heavy atom. The second-order valence-electron chi connectivity index (χ2n) is 7.36. The van der Waals surface area contributed by atoms with Crippen LogP contribution in [-0.2, 0) is 12.7 Å². The summed E-state index contributed by atoms with van der Waals surface area (Å²) in [5.74, 6) is -0.976. The van der Waals surface area contributed by atoms with E-state index >= 15 is 0 Å². The predicted octanol–water partition coefficient (Wildman–Crippen LogP) is 4.85. The smallest absolute Gasteiger partial charge is 0.322 e. The topological polar surface area (TPSA) is 88.9 Å². The number of halogens is 3. The molecule has 0 spiro atoms. The van der Waals surface area contributed by atoms with Crippen molar-refractivity contribution in [2.45, 2.75) is 12.7 Å². The Labute approximate surface area is 192 Å². The number of hydrogen-bond donors (Lipinski definition) is 2. The fraction of sp³-hybridized carbons (Fsp3) is 0.0833. The van der Waals surface area contributed by atoms with Crippen LogP contribution < -0.4 is 10.6 Å². The molecule has 0 saturated heterocycles. The van der Waals surface area contributed by atoms with E-state index in [1.807, 2.05) is 0 Å². The van der Waals surface area contributed by atoms with Gasteiger partial charge in [0.1, 0.15) is 12.7 Å². The van der Waals surface area contributed by atoms with Crippen molar-refractivity contribution in [2.75, 3.05) is 10.6 Å². The minimum Gasteiger partial charge on any atom is -0.322 e. The molecule has 2 N–H and O–H groups in total. The first-order valence-electron chi connectivity index (χ1n) is 10.1. The Morgan fingerprint density at radius 1 is 0.824 bits per heavy atom. The van der Waals surface area contributed by atoms with Crippen molar-refractivity contribution < 1.29 is 22.8 Å². The van der Waals surface area contributed by atoms with Crippen LogP contribution in [0.4, 0.5) is 24.5 Å². The molecule has 0 fully saturated rings. The lowest BCUT2D eigenvalue weighted by atomic mass is 10.1. The van der Waals surface area contributed by atoms with E-state index in [1.54, 1.807) is 47.4 Å². The van der Waals surface area contributed by atoms with E-state index in [9.17, 15) is 22.8 Å². The molecule has 0 saturated carbocycles. The first-order valence-corrected chi connectivity index (χ1v) is 10.1. The summed E-state index contributed by atoms with van der Waals surface area (Å²) in [6.45, 7) is 0.519. The number of nitrogens with one attached hydrogen (secondary N) is 2. The van der Waals surface area contributed by atoms with Gasteiger partial charge in [-0.1, -0.05) is 24.3 Å². The number of benzene rings is 3. The summed E-state index contributed by atoms with van der Waals surface area (Å²) in [5, 5.41) is 9.19. The number of nitrogens with zero attached hydrogens (tertiary/aromatic N) is 3. The molecule has 172 valence electrons. The van der Waals surface area contributed by atoms with Crippen molar-refractivity contribution in [3.05, 3.63) is 108 Å². The van der Waals surface area contributed by atoms with E-state index < -0.39 is 17.6 Å². The summed E-state index contributed by atoms with van der Waals surface area (Å²) >= 11 is 0. The van der Waals surface area contributed by atoms with Crippen molar-refractivity contribution in [1.82, 2.24) is 14.8 Å². The maximum Gasteiger partial charge on any atom is 0.416 e. The van der Waals surface area contributed by atoms with Gasteiger partial charge in [0.05, 0.1) is 12.1 Å². The summed E-state index contributed by atoms with van der Waals surface area (Å²) in [7, 11) is 0. The van der Waals surface area contributed by atoms with Crippen molar-refractivity contribution in [2.24, 2.45) is 0 Å². The Morgan fingerprint density at radius 3 is 2.12 bits per heavy atom. The first-order chi connectivity index (χ1) is 16.3. The number of alkyl halides is 3. The Kier molecular flexibility index (Phi) is 6.39. The fourth-order valence-corrected chi connectivity index (χ4v) is 3.18. The third-order valence-corrected chi connectivity index (χ3v) is 4.86. The van der Waals surface area contributed by atoms with Gasteiger partial charge >= 0.3 is 6.18 Å². The van der Waals surface area contributed by atoms with Crippen LogP contribution in [0.3, 0.4) is 0 Å². The Hall–Kier alpha value is -4.47. The van der Waals surface area contributed by atoms with Crippen molar-refractivity contribution in [3.63, 3.8) is 0 Å². The van der Waals surface area contributed by atoms with Crippen molar-refractivity contribution in [3.8, 4) is 0 Å². The van der Waals surface area contributed by atoms with Crippen LogP contribution in [0.1, 0.15) is 31.8 Å². The average molecular weight is 465 g/mol. The van der Waals surface area contributed by atoms with Crippen molar-refractivity contribution in [1.29, 1.82) is 0 Å². The van der Waals surface area contributed by atoms with E-state index in [1.165, 1.54) is 30.6 Å². The van der Waals surface area contributed by atoms with Crippen LogP contribution in [0.15, 0.2) is 85.5 Å². The highest BCUT2D eigenvalue weighted by atomic mass is 19.4.